The summed E-state index contributed by atoms with van der Waals surface area (Å²) >= 11 is 0. The van der Waals surface area contributed by atoms with Crippen LogP contribution in [0.1, 0.15) is 32.1 Å². The molecule has 2 unspecified atom stereocenters. The largest absolute Gasteiger partial charge is 0.380 e. The number of hydrogen-bond acceptors (Lipinski definition) is 3. The summed E-state index contributed by atoms with van der Waals surface area (Å²) in [6.45, 7) is 0. The van der Waals surface area contributed by atoms with Gasteiger partial charge in [0.15, 0.2) is 0 Å². The lowest BCUT2D eigenvalue weighted by Crippen LogP contribution is -2.55. The summed E-state index contributed by atoms with van der Waals surface area (Å²) in [6, 6.07) is 0. The normalized spacial score (nSPS) is 34.5. The van der Waals surface area contributed by atoms with Gasteiger partial charge < -0.3 is 16.2 Å². The molecule has 1 rings (SSSR count). The van der Waals surface area contributed by atoms with Crippen LogP contribution in [0.4, 0.5) is 0 Å². The lowest BCUT2D eigenvalue weighted by molar-refractivity contribution is -0.121. The first-order chi connectivity index (χ1) is 6.08. The van der Waals surface area contributed by atoms with E-state index < -0.39 is 5.54 Å². The van der Waals surface area contributed by atoms with E-state index in [1.165, 1.54) is 0 Å². The molecule has 2 atom stereocenters. The van der Waals surface area contributed by atoms with Crippen LogP contribution in [0.5, 0.6) is 0 Å². The first kappa shape index (κ1) is 10.5. The Hall–Kier alpha value is -0.610. The van der Waals surface area contributed by atoms with Gasteiger partial charge in [0.05, 0.1) is 11.6 Å². The van der Waals surface area contributed by atoms with Crippen molar-refractivity contribution >= 4 is 5.91 Å². The number of amides is 1. The predicted octanol–water partition coefficient (Wildman–Crippen LogP) is 0.148. The molecule has 0 aromatic carbocycles. The third-order valence-corrected chi connectivity index (χ3v) is 2.79. The SMILES string of the molecule is COC1CCCCC1(N)CC(N)=O. The summed E-state index contributed by atoms with van der Waals surface area (Å²) in [5, 5.41) is 0. The van der Waals surface area contributed by atoms with Crippen molar-refractivity contribution in [3.05, 3.63) is 0 Å². The van der Waals surface area contributed by atoms with Gasteiger partial charge in [-0.25, -0.2) is 0 Å². The molecule has 1 amide bonds. The van der Waals surface area contributed by atoms with E-state index in [-0.39, 0.29) is 18.4 Å². The van der Waals surface area contributed by atoms with Gasteiger partial charge in [-0.1, -0.05) is 12.8 Å². The highest BCUT2D eigenvalue weighted by Gasteiger charge is 2.38. The van der Waals surface area contributed by atoms with Crippen molar-refractivity contribution in [3.63, 3.8) is 0 Å². The van der Waals surface area contributed by atoms with Gasteiger partial charge in [0.25, 0.3) is 0 Å². The van der Waals surface area contributed by atoms with Gasteiger partial charge >= 0.3 is 0 Å². The molecule has 0 aliphatic heterocycles. The molecule has 4 heteroatoms. The van der Waals surface area contributed by atoms with Gasteiger partial charge in [-0.2, -0.15) is 0 Å². The Labute approximate surface area is 78.6 Å². The number of carbonyl (C=O) groups excluding carboxylic acids is 1. The average Bonchev–Trinajstić information content (AvgIpc) is 2.03. The quantitative estimate of drug-likeness (QED) is 0.658. The van der Waals surface area contributed by atoms with Crippen molar-refractivity contribution in [2.24, 2.45) is 11.5 Å². The highest BCUT2D eigenvalue weighted by Crippen LogP contribution is 2.30. The molecule has 0 heterocycles. The zero-order chi connectivity index (χ0) is 9.90. The van der Waals surface area contributed by atoms with E-state index in [0.717, 1.165) is 25.7 Å². The number of rotatable bonds is 3. The van der Waals surface area contributed by atoms with E-state index in [4.69, 9.17) is 16.2 Å². The molecule has 76 valence electrons. The van der Waals surface area contributed by atoms with Gasteiger partial charge in [0, 0.05) is 13.5 Å². The summed E-state index contributed by atoms with van der Waals surface area (Å²) in [6.07, 6.45) is 4.15. The Morgan fingerprint density at radius 3 is 2.85 bits per heavy atom. The molecule has 1 aliphatic carbocycles. The Morgan fingerprint density at radius 2 is 2.31 bits per heavy atom. The van der Waals surface area contributed by atoms with Gasteiger partial charge in [0.1, 0.15) is 0 Å². The predicted molar refractivity (Wildman–Crippen MR) is 50.0 cm³/mol. The molecular formula is C9H18N2O2. The van der Waals surface area contributed by atoms with Crippen molar-refractivity contribution in [1.82, 2.24) is 0 Å². The highest BCUT2D eigenvalue weighted by molar-refractivity contribution is 5.75. The number of ether oxygens (including phenoxy) is 1. The van der Waals surface area contributed by atoms with E-state index in [0.29, 0.717) is 0 Å². The van der Waals surface area contributed by atoms with Crippen LogP contribution in [0.2, 0.25) is 0 Å². The monoisotopic (exact) mass is 186 g/mol. The lowest BCUT2D eigenvalue weighted by atomic mass is 9.77. The topological polar surface area (TPSA) is 78.3 Å². The number of nitrogens with two attached hydrogens (primary N) is 2. The Bertz CT molecular complexity index is 196. The van der Waals surface area contributed by atoms with Crippen molar-refractivity contribution in [2.45, 2.75) is 43.7 Å². The van der Waals surface area contributed by atoms with Crippen LogP contribution in [0.3, 0.4) is 0 Å². The number of primary amides is 1. The second kappa shape index (κ2) is 4.07. The zero-order valence-corrected chi connectivity index (χ0v) is 8.08. The van der Waals surface area contributed by atoms with Crippen LogP contribution >= 0.6 is 0 Å². The van der Waals surface area contributed by atoms with Crippen LogP contribution < -0.4 is 11.5 Å². The van der Waals surface area contributed by atoms with Crippen LogP contribution in [0.15, 0.2) is 0 Å². The number of hydrogen-bond donors (Lipinski definition) is 2. The number of carbonyl (C=O) groups is 1. The summed E-state index contributed by atoms with van der Waals surface area (Å²) in [5.74, 6) is -0.341. The van der Waals surface area contributed by atoms with Crippen LogP contribution in [-0.2, 0) is 9.53 Å². The Balaban J connectivity index is 2.64. The van der Waals surface area contributed by atoms with Crippen molar-refractivity contribution in [2.75, 3.05) is 7.11 Å². The lowest BCUT2D eigenvalue weighted by Gasteiger charge is -2.39. The van der Waals surface area contributed by atoms with E-state index in [2.05, 4.69) is 0 Å². The standard InChI is InChI=1S/C9H18N2O2/c1-13-7-4-2-3-5-9(7,11)6-8(10)12/h7H,2-6,11H2,1H3,(H2,10,12). The maximum atomic E-state index is 10.8. The fourth-order valence-electron chi connectivity index (χ4n) is 2.11. The van der Waals surface area contributed by atoms with Crippen molar-refractivity contribution < 1.29 is 9.53 Å². The molecule has 0 saturated heterocycles. The molecular weight excluding hydrogens is 168 g/mol. The summed E-state index contributed by atoms with van der Waals surface area (Å²) in [7, 11) is 1.64. The second-order valence-electron chi connectivity index (χ2n) is 3.85. The van der Waals surface area contributed by atoms with E-state index in [1.807, 2.05) is 0 Å². The highest BCUT2D eigenvalue weighted by atomic mass is 16.5. The van der Waals surface area contributed by atoms with Crippen LogP contribution in [0, 0.1) is 0 Å². The summed E-state index contributed by atoms with van der Waals surface area (Å²) < 4.78 is 5.27. The van der Waals surface area contributed by atoms with Crippen molar-refractivity contribution in [1.29, 1.82) is 0 Å². The summed E-state index contributed by atoms with van der Waals surface area (Å²) in [4.78, 5) is 10.8. The maximum absolute atomic E-state index is 10.8. The van der Waals surface area contributed by atoms with Crippen molar-refractivity contribution in [3.8, 4) is 0 Å². The fraction of sp³-hybridized carbons (Fsp3) is 0.889. The fourth-order valence-corrected chi connectivity index (χ4v) is 2.11. The Morgan fingerprint density at radius 1 is 1.62 bits per heavy atom. The smallest absolute Gasteiger partial charge is 0.219 e. The molecule has 0 radical (unpaired) electrons. The third kappa shape index (κ3) is 2.42. The molecule has 13 heavy (non-hydrogen) atoms. The van der Waals surface area contributed by atoms with Gasteiger partial charge in [-0.15, -0.1) is 0 Å². The third-order valence-electron chi connectivity index (χ3n) is 2.79. The molecule has 4 nitrogen and oxygen atoms in total. The zero-order valence-electron chi connectivity index (χ0n) is 8.08. The second-order valence-corrected chi connectivity index (χ2v) is 3.85. The summed E-state index contributed by atoms with van der Waals surface area (Å²) in [5.41, 5.74) is 10.7. The molecule has 0 spiro atoms. The van der Waals surface area contributed by atoms with Gasteiger partial charge in [-0.05, 0) is 12.8 Å². The molecule has 0 aromatic heterocycles. The van der Waals surface area contributed by atoms with Crippen LogP contribution in [0.25, 0.3) is 0 Å². The molecule has 4 N–H and O–H groups in total. The van der Waals surface area contributed by atoms with E-state index >= 15 is 0 Å². The van der Waals surface area contributed by atoms with Crippen LogP contribution in [-0.4, -0.2) is 24.7 Å². The minimum atomic E-state index is -0.529. The van der Waals surface area contributed by atoms with Gasteiger partial charge in [-0.3, -0.25) is 4.79 Å². The van der Waals surface area contributed by atoms with Gasteiger partial charge in [0.2, 0.25) is 5.91 Å². The minimum Gasteiger partial charge on any atom is -0.380 e. The molecule has 1 saturated carbocycles. The molecule has 0 bridgehead atoms. The first-order valence-electron chi connectivity index (χ1n) is 4.68. The molecule has 0 aromatic rings. The molecule has 1 aliphatic rings. The minimum absolute atomic E-state index is 0.0197. The first-order valence-corrected chi connectivity index (χ1v) is 4.68. The molecule has 1 fully saturated rings. The maximum Gasteiger partial charge on any atom is 0.219 e. The Kier molecular flexibility index (Phi) is 3.27. The van der Waals surface area contributed by atoms with E-state index in [1.54, 1.807) is 7.11 Å². The average molecular weight is 186 g/mol. The number of methoxy groups -OCH3 is 1. The van der Waals surface area contributed by atoms with E-state index in [9.17, 15) is 4.79 Å².